The van der Waals surface area contributed by atoms with Crippen LogP contribution >= 0.6 is 21.6 Å². The Morgan fingerprint density at radius 1 is 1.08 bits per heavy atom. The molecular weight excluding hydrogens is 372 g/mol. The summed E-state index contributed by atoms with van der Waals surface area (Å²) in [4.78, 5) is 21.4. The average molecular weight is 388 g/mol. The van der Waals surface area contributed by atoms with Crippen molar-refractivity contribution in [1.82, 2.24) is 9.71 Å². The van der Waals surface area contributed by atoms with Gasteiger partial charge in [0.15, 0.2) is 0 Å². The van der Waals surface area contributed by atoms with E-state index in [1.807, 2.05) is 30.3 Å². The number of pyridine rings is 1. The fraction of sp³-hybridized carbons (Fsp3) is 0.111. The van der Waals surface area contributed by atoms with Gasteiger partial charge in [0.1, 0.15) is 5.03 Å². The second-order valence-corrected chi connectivity index (χ2v) is 7.90. The zero-order valence-corrected chi connectivity index (χ0v) is 15.4. The van der Waals surface area contributed by atoms with Crippen LogP contribution in [0.3, 0.4) is 0 Å². The van der Waals surface area contributed by atoms with Crippen molar-refractivity contribution in [2.75, 3.05) is 0 Å². The molecule has 1 unspecified atom stereocenters. The van der Waals surface area contributed by atoms with Gasteiger partial charge in [-0.3, -0.25) is 0 Å². The molecule has 0 fully saturated rings. The summed E-state index contributed by atoms with van der Waals surface area (Å²) in [6.45, 7) is 2.07. The summed E-state index contributed by atoms with van der Waals surface area (Å²) >= 11 is 0. The molecule has 3 aromatic rings. The topological polar surface area (TPSA) is 84.6 Å². The number of benzene rings is 1. The molecule has 2 aromatic heterocycles. The molecule has 0 saturated carbocycles. The molecule has 1 aromatic carbocycles. The van der Waals surface area contributed by atoms with Crippen molar-refractivity contribution in [3.05, 3.63) is 71.9 Å². The maximum Gasteiger partial charge on any atom is 0.363 e. The van der Waals surface area contributed by atoms with Gasteiger partial charge < -0.3 is 15.1 Å². The first-order valence-electron chi connectivity index (χ1n) is 7.71. The van der Waals surface area contributed by atoms with Gasteiger partial charge in [-0.2, -0.15) is 0 Å². The predicted molar refractivity (Wildman–Crippen MR) is 101 cm³/mol. The summed E-state index contributed by atoms with van der Waals surface area (Å²) in [7, 11) is 3.27. The number of carbonyl (C=O) groups excluding carboxylic acids is 1. The van der Waals surface area contributed by atoms with E-state index in [-0.39, 0.29) is 17.0 Å². The van der Waals surface area contributed by atoms with Crippen molar-refractivity contribution in [2.24, 2.45) is 0 Å². The van der Waals surface area contributed by atoms with E-state index < -0.39 is 5.97 Å². The number of hydrogen-bond acceptors (Lipinski definition) is 7. The Morgan fingerprint density at radius 2 is 1.77 bits per heavy atom. The van der Waals surface area contributed by atoms with Crippen LogP contribution in [0.1, 0.15) is 28.1 Å². The van der Waals surface area contributed by atoms with Gasteiger partial charge >= 0.3 is 5.97 Å². The van der Waals surface area contributed by atoms with E-state index in [2.05, 4.69) is 11.9 Å². The molecule has 134 valence electrons. The normalized spacial score (nSPS) is 11.9. The smallest absolute Gasteiger partial charge is 0.363 e. The third kappa shape index (κ3) is 4.33. The van der Waals surface area contributed by atoms with Crippen LogP contribution in [-0.4, -0.2) is 25.9 Å². The molecule has 0 aliphatic rings. The minimum absolute atomic E-state index is 0.199. The molecule has 0 aliphatic carbocycles. The third-order valence-electron chi connectivity index (χ3n) is 3.50. The van der Waals surface area contributed by atoms with E-state index in [0.717, 1.165) is 10.6 Å². The van der Waals surface area contributed by atoms with Crippen LogP contribution in [0.4, 0.5) is 0 Å². The lowest BCUT2D eigenvalue weighted by Crippen LogP contribution is -2.19. The summed E-state index contributed by atoms with van der Waals surface area (Å²) < 4.78 is 0.665. The van der Waals surface area contributed by atoms with Crippen molar-refractivity contribution in [3.63, 3.8) is 0 Å². The molecule has 0 amide bonds. The highest BCUT2D eigenvalue weighted by atomic mass is 33.1. The van der Waals surface area contributed by atoms with Crippen LogP contribution in [-0.2, 0) is 0 Å². The van der Waals surface area contributed by atoms with Gasteiger partial charge in [-0.15, -0.1) is 4.73 Å². The van der Waals surface area contributed by atoms with E-state index in [1.165, 1.54) is 12.1 Å². The fourth-order valence-electron chi connectivity index (χ4n) is 2.09. The second kappa shape index (κ2) is 8.20. The molecule has 0 spiro atoms. The maximum absolute atomic E-state index is 12.1. The Balaban J connectivity index is 1.61. The minimum atomic E-state index is -0.679. The van der Waals surface area contributed by atoms with Crippen LogP contribution in [0.2, 0.25) is 0 Å². The van der Waals surface area contributed by atoms with Gasteiger partial charge in [-0.1, -0.05) is 29.0 Å². The molecule has 0 radical (unpaired) electrons. The van der Waals surface area contributed by atoms with Gasteiger partial charge in [0.05, 0.1) is 5.56 Å². The summed E-state index contributed by atoms with van der Waals surface area (Å²) in [5, 5.41) is 20.2. The van der Waals surface area contributed by atoms with Gasteiger partial charge in [0.2, 0.25) is 11.8 Å². The largest absolute Gasteiger partial charge is 0.492 e. The highest BCUT2D eigenvalue weighted by molar-refractivity contribution is 8.76. The highest BCUT2D eigenvalue weighted by Gasteiger charge is 2.15. The van der Waals surface area contributed by atoms with Gasteiger partial charge in [-0.05, 0) is 47.5 Å². The zero-order chi connectivity index (χ0) is 18.5. The lowest BCUT2D eigenvalue weighted by atomic mass is 10.1. The number of hydrogen-bond donors (Lipinski definition) is 2. The number of nitrogens with zero attached hydrogens (tertiary/aromatic N) is 2. The Labute approximate surface area is 158 Å². The van der Waals surface area contributed by atoms with Crippen LogP contribution in [0.5, 0.6) is 11.8 Å². The number of aromatic nitrogens is 2. The molecule has 26 heavy (non-hydrogen) atoms. The van der Waals surface area contributed by atoms with Crippen LogP contribution in [0, 0.1) is 0 Å². The standard InChI is InChI=1S/C18H16N2O4S2/c1-12(25-26-15-4-2-3-11-19-15)13-5-7-14(8-6-13)18(23)24-20-16(21)9-10-17(20)22/h2-12,21-22H,1H3. The molecule has 0 aliphatic heterocycles. The van der Waals surface area contributed by atoms with Gasteiger partial charge in [-0.25, -0.2) is 9.78 Å². The van der Waals surface area contributed by atoms with Crippen LogP contribution < -0.4 is 4.84 Å². The Morgan fingerprint density at radius 3 is 2.38 bits per heavy atom. The first-order valence-corrected chi connectivity index (χ1v) is 9.92. The first kappa shape index (κ1) is 18.2. The summed E-state index contributed by atoms with van der Waals surface area (Å²) in [6, 6.07) is 15.2. The molecule has 0 bridgehead atoms. The monoisotopic (exact) mass is 388 g/mol. The van der Waals surface area contributed by atoms with Crippen molar-refractivity contribution in [2.45, 2.75) is 17.2 Å². The molecule has 3 rings (SSSR count). The van der Waals surface area contributed by atoms with Crippen molar-refractivity contribution >= 4 is 27.6 Å². The SMILES string of the molecule is CC(SSc1ccccn1)c1ccc(C(=O)On2c(O)ccc2O)cc1. The molecule has 2 heterocycles. The maximum atomic E-state index is 12.1. The Kier molecular flexibility index (Phi) is 5.75. The Hall–Kier alpha value is -2.58. The van der Waals surface area contributed by atoms with E-state index >= 15 is 0 Å². The summed E-state index contributed by atoms with van der Waals surface area (Å²) in [5.74, 6) is -1.39. The number of carbonyl (C=O) groups is 1. The lowest BCUT2D eigenvalue weighted by molar-refractivity contribution is 0.0381. The quantitative estimate of drug-likeness (QED) is 0.616. The third-order valence-corrected chi connectivity index (χ3v) is 6.24. The second-order valence-electron chi connectivity index (χ2n) is 5.33. The van der Waals surface area contributed by atoms with Crippen molar-refractivity contribution < 1.29 is 19.8 Å². The predicted octanol–water partition coefficient (Wildman–Crippen LogP) is 4.06. The van der Waals surface area contributed by atoms with E-state index in [4.69, 9.17) is 4.84 Å². The van der Waals surface area contributed by atoms with E-state index in [9.17, 15) is 15.0 Å². The van der Waals surface area contributed by atoms with Crippen LogP contribution in [0.15, 0.2) is 65.8 Å². The number of rotatable bonds is 6. The summed E-state index contributed by atoms with van der Waals surface area (Å²) in [5.41, 5.74) is 1.37. The zero-order valence-electron chi connectivity index (χ0n) is 13.8. The molecule has 2 N–H and O–H groups in total. The summed E-state index contributed by atoms with van der Waals surface area (Å²) in [6.07, 6.45) is 1.76. The molecule has 0 saturated heterocycles. The highest BCUT2D eigenvalue weighted by Crippen LogP contribution is 2.41. The minimum Gasteiger partial charge on any atom is -0.492 e. The Bertz CT molecular complexity index is 862. The van der Waals surface area contributed by atoms with Crippen molar-refractivity contribution in [3.8, 4) is 11.8 Å². The fourth-order valence-corrected chi connectivity index (χ4v) is 4.20. The molecule has 8 heteroatoms. The molecular formula is C18H16N2O4S2. The lowest BCUT2D eigenvalue weighted by Gasteiger charge is -2.11. The average Bonchev–Trinajstić information content (AvgIpc) is 2.99. The van der Waals surface area contributed by atoms with Gasteiger partial charge in [0, 0.05) is 23.6 Å². The van der Waals surface area contributed by atoms with Gasteiger partial charge in [0.25, 0.3) is 0 Å². The first-order chi connectivity index (χ1) is 12.5. The van der Waals surface area contributed by atoms with Crippen molar-refractivity contribution in [1.29, 1.82) is 0 Å². The number of aromatic hydroxyl groups is 2. The van der Waals surface area contributed by atoms with Crippen LogP contribution in [0.25, 0.3) is 0 Å². The van der Waals surface area contributed by atoms with E-state index in [0.29, 0.717) is 10.3 Å². The molecule has 1 atom stereocenters. The molecule has 6 nitrogen and oxygen atoms in total. The van der Waals surface area contributed by atoms with E-state index in [1.54, 1.807) is 39.9 Å².